The van der Waals surface area contributed by atoms with E-state index in [1.165, 1.54) is 0 Å². The summed E-state index contributed by atoms with van der Waals surface area (Å²) in [4.78, 5) is 23.4. The van der Waals surface area contributed by atoms with Crippen molar-refractivity contribution >= 4 is 12.6 Å². The Morgan fingerprint density at radius 1 is 1.10 bits per heavy atom. The molecule has 1 aromatic carbocycles. The lowest BCUT2D eigenvalue weighted by Gasteiger charge is -2.57. The van der Waals surface area contributed by atoms with Crippen LogP contribution in [-0.4, -0.2) is 28.4 Å². The smallest absolute Gasteiger partial charge is 0.157 e. The second-order valence-corrected chi connectivity index (χ2v) is 9.78. The molecule has 1 aliphatic heterocycles. The van der Waals surface area contributed by atoms with Gasteiger partial charge in [-0.1, -0.05) is 40.7 Å². The minimum Gasteiger partial charge on any atom is -0.507 e. The molecular weight excluding hydrogens is 368 g/mol. The molecule has 3 rings (SSSR count). The fraction of sp³-hybridized carbons (Fsp3) is 0.583. The largest absolute Gasteiger partial charge is 0.507 e. The lowest BCUT2D eigenvalue weighted by atomic mass is 9.53. The van der Waals surface area contributed by atoms with Gasteiger partial charge in [0.05, 0.1) is 11.1 Å². The summed E-state index contributed by atoms with van der Waals surface area (Å²) in [5.41, 5.74) is -0.913. The number of carbonyl (C=O) groups is 2. The summed E-state index contributed by atoms with van der Waals surface area (Å²) in [5.74, 6) is 0.396. The Hall–Kier alpha value is -2.30. The number of hydrogen-bond donors (Lipinski definition) is 2. The summed E-state index contributed by atoms with van der Waals surface area (Å²) in [6, 6.07) is 0. The molecule has 1 heterocycles. The zero-order valence-electron chi connectivity index (χ0n) is 18.2. The average Bonchev–Trinajstić information content (AvgIpc) is 2.62. The lowest BCUT2D eigenvalue weighted by molar-refractivity contribution is -0.0638. The van der Waals surface area contributed by atoms with Gasteiger partial charge in [-0.2, -0.15) is 0 Å². The van der Waals surface area contributed by atoms with E-state index in [0.29, 0.717) is 35.9 Å². The van der Waals surface area contributed by atoms with Crippen LogP contribution in [-0.2, 0) is 0 Å². The number of fused-ring (bicyclic) bond motifs is 2. The highest BCUT2D eigenvalue weighted by molar-refractivity contribution is 5.95. The fourth-order valence-electron chi connectivity index (χ4n) is 5.15. The van der Waals surface area contributed by atoms with Gasteiger partial charge in [-0.05, 0) is 43.6 Å². The molecule has 0 bridgehead atoms. The predicted octanol–water partition coefficient (Wildman–Crippen LogP) is 5.24. The molecule has 1 aliphatic carbocycles. The average molecular weight is 401 g/mol. The molecule has 0 amide bonds. The Balaban J connectivity index is 2.35. The van der Waals surface area contributed by atoms with Crippen molar-refractivity contribution in [3.8, 4) is 17.2 Å². The first-order valence-electron chi connectivity index (χ1n) is 10.4. The molecule has 0 unspecified atom stereocenters. The van der Waals surface area contributed by atoms with Crippen LogP contribution in [0.25, 0.3) is 0 Å². The summed E-state index contributed by atoms with van der Waals surface area (Å²) in [6.45, 7) is 12.8. The number of phenolic OH excluding ortho intramolecular Hbond substituents is 2. The van der Waals surface area contributed by atoms with Crippen LogP contribution in [0.2, 0.25) is 0 Å². The molecule has 0 fully saturated rings. The Morgan fingerprint density at radius 2 is 1.72 bits per heavy atom. The Bertz CT molecular complexity index is 869. The van der Waals surface area contributed by atoms with E-state index >= 15 is 0 Å². The number of aromatic hydroxyl groups is 2. The van der Waals surface area contributed by atoms with E-state index in [4.69, 9.17) is 4.74 Å². The van der Waals surface area contributed by atoms with Gasteiger partial charge in [-0.25, -0.2) is 0 Å². The van der Waals surface area contributed by atoms with Crippen LogP contribution < -0.4 is 4.74 Å². The van der Waals surface area contributed by atoms with E-state index in [-0.39, 0.29) is 34.0 Å². The molecule has 0 aromatic heterocycles. The Kier molecular flexibility index (Phi) is 5.31. The van der Waals surface area contributed by atoms with Crippen molar-refractivity contribution in [1.82, 2.24) is 0 Å². The molecule has 1 aromatic rings. The summed E-state index contributed by atoms with van der Waals surface area (Å²) < 4.78 is 6.40. The summed E-state index contributed by atoms with van der Waals surface area (Å²) in [6.07, 6.45) is 6.79. The van der Waals surface area contributed by atoms with Gasteiger partial charge < -0.3 is 14.9 Å². The normalized spacial score (nSPS) is 30.6. The third-order valence-corrected chi connectivity index (χ3v) is 7.20. The van der Waals surface area contributed by atoms with E-state index in [0.717, 1.165) is 12.8 Å². The van der Waals surface area contributed by atoms with E-state index < -0.39 is 11.4 Å². The topological polar surface area (TPSA) is 83.8 Å². The molecule has 0 spiro atoms. The minimum absolute atomic E-state index is 0.0729. The van der Waals surface area contributed by atoms with Crippen molar-refractivity contribution in [2.24, 2.45) is 23.2 Å². The van der Waals surface area contributed by atoms with E-state index in [2.05, 4.69) is 46.8 Å². The van der Waals surface area contributed by atoms with E-state index in [1.54, 1.807) is 0 Å². The Labute approximate surface area is 172 Å². The van der Waals surface area contributed by atoms with Gasteiger partial charge >= 0.3 is 0 Å². The van der Waals surface area contributed by atoms with Crippen LogP contribution in [0, 0.1) is 23.2 Å². The molecule has 0 radical (unpaired) electrons. The van der Waals surface area contributed by atoms with Gasteiger partial charge in [-0.3, -0.25) is 9.59 Å². The van der Waals surface area contributed by atoms with Crippen LogP contribution in [0.5, 0.6) is 17.2 Å². The quantitative estimate of drug-likeness (QED) is 0.521. The summed E-state index contributed by atoms with van der Waals surface area (Å²) in [7, 11) is 0. The first-order valence-corrected chi connectivity index (χ1v) is 10.4. The monoisotopic (exact) mass is 400 g/mol. The van der Waals surface area contributed by atoms with E-state index in [1.807, 2.05) is 6.92 Å². The molecule has 158 valence electrons. The Morgan fingerprint density at radius 3 is 2.24 bits per heavy atom. The number of phenols is 2. The van der Waals surface area contributed by atoms with Gasteiger partial charge in [-0.15, -0.1) is 0 Å². The number of benzene rings is 1. The molecule has 29 heavy (non-hydrogen) atoms. The molecule has 5 nitrogen and oxygen atoms in total. The maximum atomic E-state index is 11.8. The third-order valence-electron chi connectivity index (χ3n) is 7.20. The van der Waals surface area contributed by atoms with Crippen molar-refractivity contribution in [3.05, 3.63) is 28.8 Å². The number of ether oxygens (including phenoxy) is 1. The summed E-state index contributed by atoms with van der Waals surface area (Å²) in [5, 5.41) is 21.4. The number of carbonyl (C=O) groups excluding carboxylic acids is 2. The molecular formula is C24H32O5. The fourth-order valence-corrected chi connectivity index (χ4v) is 5.15. The van der Waals surface area contributed by atoms with Crippen LogP contribution in [0.3, 0.4) is 0 Å². The SMILES string of the molecule is CC(C)C[C@H]1c2c(O)c(C=O)c(O)c(C=O)c2O[C@]2(C)C=C[C@@H](C(C)C)C[C@]12C. The lowest BCUT2D eigenvalue weighted by Crippen LogP contribution is -2.56. The summed E-state index contributed by atoms with van der Waals surface area (Å²) >= 11 is 0. The predicted molar refractivity (Wildman–Crippen MR) is 112 cm³/mol. The molecule has 2 aliphatic rings. The van der Waals surface area contributed by atoms with Gasteiger partial charge in [0.2, 0.25) is 0 Å². The third kappa shape index (κ3) is 3.06. The highest BCUT2D eigenvalue weighted by Gasteiger charge is 2.58. The second-order valence-electron chi connectivity index (χ2n) is 9.78. The maximum absolute atomic E-state index is 11.8. The molecule has 2 N–H and O–H groups in total. The van der Waals surface area contributed by atoms with Crippen molar-refractivity contribution in [3.63, 3.8) is 0 Å². The van der Waals surface area contributed by atoms with Crippen molar-refractivity contribution < 1.29 is 24.5 Å². The highest BCUT2D eigenvalue weighted by Crippen LogP contribution is 2.64. The number of rotatable bonds is 5. The van der Waals surface area contributed by atoms with Crippen molar-refractivity contribution in [1.29, 1.82) is 0 Å². The van der Waals surface area contributed by atoms with Gasteiger partial charge in [0, 0.05) is 16.9 Å². The molecule has 0 saturated carbocycles. The molecule has 5 heteroatoms. The van der Waals surface area contributed by atoms with Gasteiger partial charge in [0.1, 0.15) is 22.8 Å². The zero-order valence-corrected chi connectivity index (χ0v) is 18.2. The van der Waals surface area contributed by atoms with Crippen molar-refractivity contribution in [2.45, 2.75) is 65.9 Å². The minimum atomic E-state index is -0.704. The van der Waals surface area contributed by atoms with Crippen molar-refractivity contribution in [2.75, 3.05) is 0 Å². The molecule has 4 atom stereocenters. The van der Waals surface area contributed by atoms with Crippen LogP contribution in [0.15, 0.2) is 12.2 Å². The standard InChI is InChI=1S/C24H32O5/c1-13(2)9-18-19-21(28)16(11-25)20(27)17(12-26)22(19)29-24(6)8-7-15(14(3)4)10-23(18,24)5/h7-8,11-15,18,27-28H,9-10H2,1-6H3/t15-,18+,23-,24-/m1/s1. The van der Waals surface area contributed by atoms with Crippen LogP contribution in [0.4, 0.5) is 0 Å². The van der Waals surface area contributed by atoms with E-state index in [9.17, 15) is 19.8 Å². The number of allylic oxidation sites excluding steroid dienone is 1. The van der Waals surface area contributed by atoms with Crippen LogP contribution in [0.1, 0.15) is 86.6 Å². The number of aldehydes is 2. The second kappa shape index (κ2) is 7.19. The molecule has 0 saturated heterocycles. The van der Waals surface area contributed by atoms with Crippen LogP contribution >= 0.6 is 0 Å². The number of hydrogen-bond acceptors (Lipinski definition) is 5. The van der Waals surface area contributed by atoms with Gasteiger partial charge in [0.15, 0.2) is 12.6 Å². The zero-order chi connectivity index (χ0) is 21.7. The first-order chi connectivity index (χ1) is 13.5. The first kappa shape index (κ1) is 21.4. The van der Waals surface area contributed by atoms with Gasteiger partial charge in [0.25, 0.3) is 0 Å². The highest BCUT2D eigenvalue weighted by atomic mass is 16.5. The maximum Gasteiger partial charge on any atom is 0.157 e.